The van der Waals surface area contributed by atoms with Crippen LogP contribution in [0, 0.1) is 5.41 Å². The fraction of sp³-hybridized carbons (Fsp3) is 0.333. The first-order valence-electron chi connectivity index (χ1n) is 5.75. The number of rotatable bonds is 1. The fourth-order valence-corrected chi connectivity index (χ4v) is 2.45. The summed E-state index contributed by atoms with van der Waals surface area (Å²) < 4.78 is 1.05. The van der Waals surface area contributed by atoms with Gasteiger partial charge in [0, 0.05) is 4.47 Å². The number of halogens is 1. The predicted molar refractivity (Wildman–Crippen MR) is 76.6 cm³/mol. The van der Waals surface area contributed by atoms with Gasteiger partial charge in [-0.1, -0.05) is 48.8 Å². The van der Waals surface area contributed by atoms with Crippen molar-refractivity contribution in [2.24, 2.45) is 5.41 Å². The molecule has 1 aromatic carbocycles. The molecule has 1 nitrogen and oxygen atoms in total. The minimum absolute atomic E-state index is 0.0882. The molecule has 0 fully saturated rings. The molecule has 0 amide bonds. The average Bonchev–Trinajstić information content (AvgIpc) is 2.53. The highest BCUT2D eigenvalue weighted by Crippen LogP contribution is 2.38. The van der Waals surface area contributed by atoms with E-state index in [9.17, 15) is 5.11 Å². The molecule has 2 heteroatoms. The van der Waals surface area contributed by atoms with Crippen LogP contribution in [0.2, 0.25) is 0 Å². The summed E-state index contributed by atoms with van der Waals surface area (Å²) in [6.07, 6.45) is 4.34. The Bertz CT molecular complexity index is 504. The van der Waals surface area contributed by atoms with Crippen molar-refractivity contribution in [2.45, 2.75) is 20.8 Å². The molecule has 0 spiro atoms. The number of hydrogen-bond acceptors (Lipinski definition) is 1. The van der Waals surface area contributed by atoms with Crippen molar-refractivity contribution in [3.05, 3.63) is 46.0 Å². The summed E-state index contributed by atoms with van der Waals surface area (Å²) >= 11 is 3.47. The van der Waals surface area contributed by atoms with Crippen LogP contribution in [0.5, 0.6) is 0 Å². The lowest BCUT2D eigenvalue weighted by Gasteiger charge is -2.14. The molecule has 1 aliphatic carbocycles. The molecule has 1 N–H and O–H groups in total. The zero-order valence-corrected chi connectivity index (χ0v) is 12.0. The molecule has 0 saturated heterocycles. The summed E-state index contributed by atoms with van der Waals surface area (Å²) in [5, 5.41) is 9.41. The van der Waals surface area contributed by atoms with Gasteiger partial charge in [0.25, 0.3) is 0 Å². The van der Waals surface area contributed by atoms with Gasteiger partial charge in [0.15, 0.2) is 0 Å². The minimum Gasteiger partial charge on any atom is -0.392 e. The Kier molecular flexibility index (Phi) is 3.28. The zero-order chi connectivity index (χ0) is 12.6. The molecule has 0 unspecified atom stereocenters. The Morgan fingerprint density at radius 1 is 1.24 bits per heavy atom. The topological polar surface area (TPSA) is 20.2 Å². The van der Waals surface area contributed by atoms with Crippen LogP contribution in [0.4, 0.5) is 0 Å². The van der Waals surface area contributed by atoms with E-state index in [1.54, 1.807) is 0 Å². The Morgan fingerprint density at radius 3 is 2.53 bits per heavy atom. The lowest BCUT2D eigenvalue weighted by Crippen LogP contribution is -2.00. The normalized spacial score (nSPS) is 17.2. The summed E-state index contributed by atoms with van der Waals surface area (Å²) in [7, 11) is 0. The van der Waals surface area contributed by atoms with E-state index in [1.807, 2.05) is 6.07 Å². The molecular weight excluding hydrogens is 276 g/mol. The van der Waals surface area contributed by atoms with E-state index in [-0.39, 0.29) is 12.0 Å². The van der Waals surface area contributed by atoms with Crippen molar-refractivity contribution in [2.75, 3.05) is 6.61 Å². The molecule has 90 valence electrons. The average molecular weight is 293 g/mol. The monoisotopic (exact) mass is 292 g/mol. The third kappa shape index (κ3) is 2.70. The van der Waals surface area contributed by atoms with Gasteiger partial charge in [-0.15, -0.1) is 0 Å². The molecule has 1 aliphatic rings. The van der Waals surface area contributed by atoms with Crippen molar-refractivity contribution in [1.29, 1.82) is 0 Å². The number of fused-ring (bicyclic) bond motifs is 1. The van der Waals surface area contributed by atoms with Crippen LogP contribution < -0.4 is 0 Å². The largest absolute Gasteiger partial charge is 0.392 e. The second-order valence-corrected chi connectivity index (χ2v) is 6.40. The Balaban J connectivity index is 2.56. The fourth-order valence-electron chi connectivity index (χ4n) is 2.09. The van der Waals surface area contributed by atoms with Crippen LogP contribution in [-0.4, -0.2) is 11.7 Å². The lowest BCUT2D eigenvalue weighted by atomic mass is 9.92. The molecule has 0 bridgehead atoms. The number of allylic oxidation sites excluding steroid dienone is 3. The maximum atomic E-state index is 9.41. The maximum absolute atomic E-state index is 9.41. The second kappa shape index (κ2) is 4.43. The molecule has 1 aromatic rings. The second-order valence-electron chi connectivity index (χ2n) is 5.48. The first kappa shape index (κ1) is 12.6. The van der Waals surface area contributed by atoms with Gasteiger partial charge in [-0.25, -0.2) is 0 Å². The van der Waals surface area contributed by atoms with E-state index >= 15 is 0 Å². The van der Waals surface area contributed by atoms with E-state index in [4.69, 9.17) is 0 Å². The zero-order valence-electron chi connectivity index (χ0n) is 10.4. The molecule has 0 aromatic heterocycles. The summed E-state index contributed by atoms with van der Waals surface area (Å²) in [5.74, 6) is 0. The predicted octanol–water partition coefficient (Wildman–Crippen LogP) is 4.27. The van der Waals surface area contributed by atoms with Gasteiger partial charge >= 0.3 is 0 Å². The first-order chi connectivity index (χ1) is 7.90. The van der Waals surface area contributed by atoms with E-state index in [2.05, 4.69) is 61.0 Å². The van der Waals surface area contributed by atoms with Crippen molar-refractivity contribution in [1.82, 2.24) is 0 Å². The standard InChI is InChI=1S/C15H17BrO/c1-15(2,3)8-10-6-11(9-17)14-7-12(16)4-5-13(10)14/h4-8,17H,9H2,1-3H3/b10-8+. The number of benzene rings is 1. The van der Waals surface area contributed by atoms with Crippen molar-refractivity contribution < 1.29 is 5.11 Å². The number of aliphatic hydroxyl groups excluding tert-OH is 1. The molecule has 0 saturated carbocycles. The van der Waals surface area contributed by atoms with Gasteiger partial charge in [0.05, 0.1) is 6.61 Å². The third-order valence-corrected chi connectivity index (χ3v) is 3.22. The minimum atomic E-state index is 0.0882. The van der Waals surface area contributed by atoms with Crippen molar-refractivity contribution in [3.63, 3.8) is 0 Å². The Morgan fingerprint density at radius 2 is 1.94 bits per heavy atom. The molecule has 0 atom stereocenters. The van der Waals surface area contributed by atoms with Crippen LogP contribution in [-0.2, 0) is 0 Å². The smallest absolute Gasteiger partial charge is 0.0688 e. The highest BCUT2D eigenvalue weighted by atomic mass is 79.9. The highest BCUT2D eigenvalue weighted by molar-refractivity contribution is 9.10. The Hall–Kier alpha value is -0.860. The summed E-state index contributed by atoms with van der Waals surface area (Å²) in [5.41, 5.74) is 4.70. The van der Waals surface area contributed by atoms with Crippen LogP contribution in [0.25, 0.3) is 11.1 Å². The Labute approximate surface area is 111 Å². The van der Waals surface area contributed by atoms with Gasteiger partial charge in [-0.3, -0.25) is 0 Å². The van der Waals surface area contributed by atoms with E-state index in [0.717, 1.165) is 15.6 Å². The van der Waals surface area contributed by atoms with Crippen molar-refractivity contribution in [3.8, 4) is 0 Å². The SMILES string of the molecule is CC(C)(C)/C=C1\C=C(CO)c2cc(Br)ccc21. The molecule has 0 aliphatic heterocycles. The van der Waals surface area contributed by atoms with Crippen LogP contribution in [0.3, 0.4) is 0 Å². The number of hydrogen-bond donors (Lipinski definition) is 1. The third-order valence-electron chi connectivity index (χ3n) is 2.73. The first-order valence-corrected chi connectivity index (χ1v) is 6.54. The van der Waals surface area contributed by atoms with Gasteiger partial charge in [-0.2, -0.15) is 0 Å². The maximum Gasteiger partial charge on any atom is 0.0688 e. The molecular formula is C15H17BrO. The number of aliphatic hydroxyl groups is 1. The molecule has 0 radical (unpaired) electrons. The highest BCUT2D eigenvalue weighted by Gasteiger charge is 2.19. The summed E-state index contributed by atoms with van der Waals surface area (Å²) in [6, 6.07) is 6.22. The van der Waals surface area contributed by atoms with Crippen LogP contribution in [0.15, 0.2) is 34.8 Å². The summed E-state index contributed by atoms with van der Waals surface area (Å²) in [4.78, 5) is 0. The van der Waals surface area contributed by atoms with Gasteiger partial charge in [0.1, 0.15) is 0 Å². The van der Waals surface area contributed by atoms with Crippen LogP contribution in [0.1, 0.15) is 31.9 Å². The summed E-state index contributed by atoms with van der Waals surface area (Å²) in [6.45, 7) is 6.64. The lowest BCUT2D eigenvalue weighted by molar-refractivity contribution is 0.350. The van der Waals surface area contributed by atoms with E-state index in [1.165, 1.54) is 11.1 Å². The van der Waals surface area contributed by atoms with Crippen LogP contribution >= 0.6 is 15.9 Å². The molecule has 0 heterocycles. The molecule has 17 heavy (non-hydrogen) atoms. The van der Waals surface area contributed by atoms with Gasteiger partial charge in [0.2, 0.25) is 0 Å². The van der Waals surface area contributed by atoms with Gasteiger partial charge < -0.3 is 5.11 Å². The van der Waals surface area contributed by atoms with E-state index in [0.29, 0.717) is 0 Å². The van der Waals surface area contributed by atoms with E-state index < -0.39 is 0 Å². The quantitative estimate of drug-likeness (QED) is 0.820. The van der Waals surface area contributed by atoms with Gasteiger partial charge in [-0.05, 0) is 45.9 Å². The molecule has 2 rings (SSSR count). The van der Waals surface area contributed by atoms with Crippen molar-refractivity contribution >= 4 is 27.1 Å².